The summed E-state index contributed by atoms with van der Waals surface area (Å²) in [7, 11) is -9.67. The molecular weight excluding hydrogens is 895 g/mol. The van der Waals surface area contributed by atoms with Crippen LogP contribution < -0.4 is 15.4 Å². The van der Waals surface area contributed by atoms with E-state index >= 15 is 0 Å². The minimum absolute atomic E-state index is 0.236. The first-order chi connectivity index (χ1) is 29.4. The van der Waals surface area contributed by atoms with E-state index in [0.717, 1.165) is 13.8 Å². The van der Waals surface area contributed by atoms with E-state index in [4.69, 9.17) is 23.7 Å². The van der Waals surface area contributed by atoms with Gasteiger partial charge in [0.1, 0.15) is 61.0 Å². The average molecular weight is 944 g/mol. The first-order valence-corrected chi connectivity index (χ1v) is 21.8. The largest absolute Gasteiger partial charge is 0.477 e. The Bertz CT molecular complexity index is 2170. The zero-order valence-electron chi connectivity index (χ0n) is 33.1. The fraction of sp³-hybridized carbons (Fsp3) is 0.629. The van der Waals surface area contributed by atoms with Crippen LogP contribution in [0.15, 0.2) is 47.4 Å². The molecule has 0 bridgehead atoms. The Morgan fingerprint density at radius 1 is 0.857 bits per heavy atom. The third-order valence-electron chi connectivity index (χ3n) is 10.4. The molecule has 354 valence electrons. The van der Waals surface area contributed by atoms with Gasteiger partial charge in [0.05, 0.1) is 36.4 Å². The highest BCUT2D eigenvalue weighted by Crippen LogP contribution is 2.38. The molecule has 0 unspecified atom stereocenters. The SMILES string of the molecule is CC(=O)N[C@@H]1[C@@H](O)[C@H](O[C@@H]2O[C@H](COS(=O)(=O)O)[C@H](O)[C@H](O[C@]3(C(=O)O)C[C@H](O)[C@@H](NC(C)=O)[C@H]([C@H](O)[C@H](O)CNS(=O)(=O)c4ccc5ccccc5c4)O3)[C@H]2O)[C@@H](CO)O[C@H]1O. The van der Waals surface area contributed by atoms with Gasteiger partial charge in [-0.05, 0) is 22.9 Å². The molecule has 5 rings (SSSR count). The van der Waals surface area contributed by atoms with Gasteiger partial charge in [-0.2, -0.15) is 8.42 Å². The summed E-state index contributed by atoms with van der Waals surface area (Å²) in [6, 6.07) is 7.54. The zero-order chi connectivity index (χ0) is 46.8. The van der Waals surface area contributed by atoms with Gasteiger partial charge >= 0.3 is 16.4 Å². The highest BCUT2D eigenvalue weighted by Gasteiger charge is 2.60. The second kappa shape index (κ2) is 20.3. The number of aliphatic hydroxyl groups is 8. The van der Waals surface area contributed by atoms with E-state index in [9.17, 15) is 81.7 Å². The standard InChI is InChI=1S/C35H49N3O23S2/c1-14(40)37-23-19(42)10-35(34(49)50,60-30(23)25(44)20(43)11-36-62(51,52)18-8-7-16-5-3-4-6-17(16)9-18)61-31-26(45)22(13-56-63(53,54)55)58-33(28(31)47)59-29-21(12-39)57-32(48)24(27(29)46)38-15(2)41/h3-9,19-33,36,39,42-48H,10-13H2,1-2H3,(H,37,40)(H,38,41)(H,49,50)(H,53,54,55)/t19-,20+,21+,22+,23+,24+,25+,26-,27+,28+,29+,30+,31-,32+,33-,35-/m0/s1. The van der Waals surface area contributed by atoms with Gasteiger partial charge < -0.3 is 80.3 Å². The molecule has 0 aromatic heterocycles. The molecule has 3 fully saturated rings. The number of hydrogen-bond donors (Lipinski definition) is 13. The fourth-order valence-corrected chi connectivity index (χ4v) is 8.73. The summed E-state index contributed by atoms with van der Waals surface area (Å²) in [5, 5.41) is 104. The minimum atomic E-state index is -5.29. The number of carboxylic acids is 1. The van der Waals surface area contributed by atoms with Crippen LogP contribution in [0.2, 0.25) is 0 Å². The van der Waals surface area contributed by atoms with E-state index in [1.54, 1.807) is 24.3 Å². The molecule has 3 heterocycles. The maximum absolute atomic E-state index is 13.2. The van der Waals surface area contributed by atoms with Gasteiger partial charge in [-0.25, -0.2) is 22.1 Å². The molecule has 16 atom stereocenters. The predicted molar refractivity (Wildman–Crippen MR) is 204 cm³/mol. The first kappa shape index (κ1) is 50.4. The van der Waals surface area contributed by atoms with Gasteiger partial charge in [-0.15, -0.1) is 0 Å². The Morgan fingerprint density at radius 2 is 1.49 bits per heavy atom. The van der Waals surface area contributed by atoms with Crippen molar-refractivity contribution in [3.05, 3.63) is 42.5 Å². The molecule has 63 heavy (non-hydrogen) atoms. The number of carboxylic acid groups (broad SMARTS) is 1. The summed E-state index contributed by atoms with van der Waals surface area (Å²) in [4.78, 5) is 36.9. The van der Waals surface area contributed by atoms with Crippen LogP contribution in [0.5, 0.6) is 0 Å². The fourth-order valence-electron chi connectivity index (χ4n) is 7.33. The van der Waals surface area contributed by atoms with Crippen molar-refractivity contribution in [3.8, 4) is 0 Å². The molecule has 3 aliphatic heterocycles. The van der Waals surface area contributed by atoms with Crippen molar-refractivity contribution in [2.24, 2.45) is 0 Å². The topological polar surface area (TPSA) is 413 Å². The Balaban J connectivity index is 1.44. The summed E-state index contributed by atoms with van der Waals surface area (Å²) in [5.41, 5.74) is 0. The van der Waals surface area contributed by atoms with Crippen molar-refractivity contribution < 1.29 is 110 Å². The number of hydrogen-bond acceptors (Lipinski definition) is 21. The normalized spacial score (nSPS) is 35.1. The van der Waals surface area contributed by atoms with E-state index in [1.165, 1.54) is 18.2 Å². The smallest absolute Gasteiger partial charge is 0.397 e. The third kappa shape index (κ3) is 11.8. The Labute approximate surface area is 358 Å². The Kier molecular flexibility index (Phi) is 16.2. The molecule has 3 aliphatic rings. The van der Waals surface area contributed by atoms with Gasteiger partial charge in [-0.1, -0.05) is 30.3 Å². The molecule has 0 saturated carbocycles. The number of fused-ring (bicyclic) bond motifs is 1. The number of carbonyl (C=O) groups excluding carboxylic acids is 2. The van der Waals surface area contributed by atoms with Gasteiger partial charge in [0.25, 0.3) is 5.79 Å². The molecule has 2 aromatic rings. The monoisotopic (exact) mass is 943 g/mol. The summed E-state index contributed by atoms with van der Waals surface area (Å²) < 4.78 is 92.8. The van der Waals surface area contributed by atoms with E-state index in [0.29, 0.717) is 10.8 Å². The molecule has 2 amide bonds. The number of carbonyl (C=O) groups is 3. The molecule has 26 nitrogen and oxygen atoms in total. The first-order valence-electron chi connectivity index (χ1n) is 18.9. The molecule has 0 aliphatic carbocycles. The predicted octanol–water partition coefficient (Wildman–Crippen LogP) is -6.11. The summed E-state index contributed by atoms with van der Waals surface area (Å²) >= 11 is 0. The number of benzene rings is 2. The summed E-state index contributed by atoms with van der Waals surface area (Å²) in [5.74, 6) is -7.07. The maximum Gasteiger partial charge on any atom is 0.397 e. The second-order valence-electron chi connectivity index (χ2n) is 14.9. The van der Waals surface area contributed by atoms with Crippen LogP contribution in [0.3, 0.4) is 0 Å². The Morgan fingerprint density at radius 3 is 2.10 bits per heavy atom. The number of rotatable bonds is 17. The number of sulfonamides is 1. The van der Waals surface area contributed by atoms with Crippen LogP contribution in [0.1, 0.15) is 20.3 Å². The van der Waals surface area contributed by atoms with Crippen molar-refractivity contribution in [1.29, 1.82) is 0 Å². The molecule has 3 saturated heterocycles. The van der Waals surface area contributed by atoms with Crippen molar-refractivity contribution >= 4 is 49.0 Å². The number of ether oxygens (including phenoxy) is 5. The van der Waals surface area contributed by atoms with Crippen LogP contribution in [-0.4, -0.2) is 202 Å². The number of aliphatic carboxylic acids is 1. The van der Waals surface area contributed by atoms with Gasteiger partial charge in [-0.3, -0.25) is 14.1 Å². The quantitative estimate of drug-likeness (QED) is 0.0656. The lowest BCUT2D eigenvalue weighted by Crippen LogP contribution is -2.71. The molecule has 0 radical (unpaired) electrons. The molecule has 13 N–H and O–H groups in total. The maximum atomic E-state index is 13.2. The Hall–Kier alpha value is -3.63. The molecule has 2 aromatic carbocycles. The van der Waals surface area contributed by atoms with Crippen molar-refractivity contribution in [1.82, 2.24) is 15.4 Å². The zero-order valence-corrected chi connectivity index (χ0v) is 34.8. The average Bonchev–Trinajstić information content (AvgIpc) is 3.21. The third-order valence-corrected chi connectivity index (χ3v) is 12.3. The van der Waals surface area contributed by atoms with Crippen molar-refractivity contribution in [3.63, 3.8) is 0 Å². The highest BCUT2D eigenvalue weighted by molar-refractivity contribution is 7.89. The van der Waals surface area contributed by atoms with E-state index in [1.807, 2.05) is 0 Å². The lowest BCUT2D eigenvalue weighted by atomic mass is 9.88. The van der Waals surface area contributed by atoms with E-state index < -0.39 is 162 Å². The van der Waals surface area contributed by atoms with Crippen LogP contribution in [0.25, 0.3) is 10.8 Å². The summed E-state index contributed by atoms with van der Waals surface area (Å²) in [6.45, 7) is -1.26. The van der Waals surface area contributed by atoms with Crippen LogP contribution in [0.4, 0.5) is 0 Å². The molecule has 0 spiro atoms. The molecule has 28 heteroatoms. The number of nitrogens with one attached hydrogen (secondary N) is 3. The highest BCUT2D eigenvalue weighted by atomic mass is 32.3. The summed E-state index contributed by atoms with van der Waals surface area (Å²) in [6.07, 6.45) is -29.0. The van der Waals surface area contributed by atoms with Crippen molar-refractivity contribution in [2.45, 2.75) is 123 Å². The van der Waals surface area contributed by atoms with Crippen molar-refractivity contribution in [2.75, 3.05) is 19.8 Å². The molecular formula is C35H49N3O23S2. The lowest BCUT2D eigenvalue weighted by molar-refractivity contribution is -0.381. The second-order valence-corrected chi connectivity index (χ2v) is 17.8. The van der Waals surface area contributed by atoms with Gasteiger partial charge in [0, 0.05) is 26.8 Å². The van der Waals surface area contributed by atoms with Gasteiger partial charge in [0.15, 0.2) is 12.6 Å². The minimum Gasteiger partial charge on any atom is -0.477 e. The van der Waals surface area contributed by atoms with Crippen LogP contribution in [-0.2, 0) is 62.7 Å². The van der Waals surface area contributed by atoms with E-state index in [-0.39, 0.29) is 4.90 Å². The number of amides is 2. The lowest BCUT2D eigenvalue weighted by Gasteiger charge is -2.50. The van der Waals surface area contributed by atoms with E-state index in [2.05, 4.69) is 19.5 Å². The van der Waals surface area contributed by atoms with Crippen LogP contribution in [0, 0.1) is 0 Å². The number of aliphatic hydroxyl groups excluding tert-OH is 8. The van der Waals surface area contributed by atoms with Crippen LogP contribution >= 0.6 is 0 Å². The van der Waals surface area contributed by atoms with Gasteiger partial charge in [0.2, 0.25) is 21.8 Å².